The van der Waals surface area contributed by atoms with Crippen LogP contribution in [0.15, 0.2) is 45.9 Å². The van der Waals surface area contributed by atoms with Crippen molar-refractivity contribution >= 4 is 15.7 Å². The topological polar surface area (TPSA) is 79.5 Å². The molecule has 5 nitrogen and oxygen atoms in total. The van der Waals surface area contributed by atoms with Gasteiger partial charge in [0.1, 0.15) is 18.2 Å². The number of aliphatic hydroxyl groups is 1. The molecular formula is C11H10FNO4S. The van der Waals surface area contributed by atoms with Gasteiger partial charge in [0.2, 0.25) is 5.09 Å². The van der Waals surface area contributed by atoms with Crippen LogP contribution in [-0.4, -0.2) is 13.5 Å². The summed E-state index contributed by atoms with van der Waals surface area (Å²) in [5.41, 5.74) is -0.167. The maximum atomic E-state index is 13.3. The van der Waals surface area contributed by atoms with Crippen LogP contribution in [0.25, 0.3) is 0 Å². The summed E-state index contributed by atoms with van der Waals surface area (Å²) in [6.07, 6.45) is 0. The van der Waals surface area contributed by atoms with Gasteiger partial charge in [0.15, 0.2) is 0 Å². The first kappa shape index (κ1) is 12.6. The first-order valence-electron chi connectivity index (χ1n) is 5.00. The summed E-state index contributed by atoms with van der Waals surface area (Å²) in [6, 6.07) is 7.90. The Morgan fingerprint density at radius 1 is 1.22 bits per heavy atom. The Morgan fingerprint density at radius 2 is 1.94 bits per heavy atom. The van der Waals surface area contributed by atoms with Gasteiger partial charge in [-0.1, -0.05) is 12.1 Å². The number of hydrogen-bond acceptors (Lipinski definition) is 4. The molecule has 96 valence electrons. The summed E-state index contributed by atoms with van der Waals surface area (Å²) in [5.74, 6) is -0.570. The van der Waals surface area contributed by atoms with Crippen LogP contribution in [0.1, 0.15) is 5.76 Å². The molecule has 0 radical (unpaired) electrons. The van der Waals surface area contributed by atoms with E-state index in [1.54, 1.807) is 0 Å². The number of aliphatic hydroxyl groups excluding tert-OH is 1. The number of furan rings is 1. The highest BCUT2D eigenvalue weighted by Gasteiger charge is 2.20. The van der Waals surface area contributed by atoms with Crippen molar-refractivity contribution < 1.29 is 22.3 Å². The van der Waals surface area contributed by atoms with Gasteiger partial charge < -0.3 is 9.52 Å². The van der Waals surface area contributed by atoms with E-state index in [2.05, 4.69) is 4.72 Å². The highest BCUT2D eigenvalue weighted by atomic mass is 32.2. The highest BCUT2D eigenvalue weighted by molar-refractivity contribution is 7.92. The maximum Gasteiger partial charge on any atom is 0.295 e. The van der Waals surface area contributed by atoms with Crippen molar-refractivity contribution in [3.8, 4) is 0 Å². The molecule has 2 N–H and O–H groups in total. The van der Waals surface area contributed by atoms with E-state index in [4.69, 9.17) is 9.52 Å². The molecule has 2 aromatic rings. The minimum atomic E-state index is -3.99. The van der Waals surface area contributed by atoms with Crippen LogP contribution in [0.2, 0.25) is 0 Å². The van der Waals surface area contributed by atoms with Gasteiger partial charge in [-0.05, 0) is 24.3 Å². The van der Waals surface area contributed by atoms with Crippen LogP contribution in [0.4, 0.5) is 10.1 Å². The zero-order valence-corrected chi connectivity index (χ0v) is 9.95. The molecule has 1 heterocycles. The van der Waals surface area contributed by atoms with Gasteiger partial charge in [-0.3, -0.25) is 4.72 Å². The van der Waals surface area contributed by atoms with E-state index >= 15 is 0 Å². The molecule has 0 aliphatic carbocycles. The zero-order valence-electron chi connectivity index (χ0n) is 9.13. The van der Waals surface area contributed by atoms with Crippen molar-refractivity contribution in [2.24, 2.45) is 0 Å². The van der Waals surface area contributed by atoms with Crippen LogP contribution in [0.3, 0.4) is 0 Å². The van der Waals surface area contributed by atoms with Crippen molar-refractivity contribution in [3.63, 3.8) is 0 Å². The Morgan fingerprint density at radius 3 is 2.56 bits per heavy atom. The van der Waals surface area contributed by atoms with Gasteiger partial charge in [-0.15, -0.1) is 0 Å². The molecule has 18 heavy (non-hydrogen) atoms. The van der Waals surface area contributed by atoms with Crippen molar-refractivity contribution in [1.29, 1.82) is 0 Å². The summed E-state index contributed by atoms with van der Waals surface area (Å²) in [4.78, 5) is 0. The quantitative estimate of drug-likeness (QED) is 0.887. The lowest BCUT2D eigenvalue weighted by atomic mass is 10.3. The van der Waals surface area contributed by atoms with Crippen LogP contribution in [0.5, 0.6) is 0 Å². The van der Waals surface area contributed by atoms with Crippen LogP contribution in [0, 0.1) is 5.82 Å². The number of para-hydroxylation sites is 1. The average molecular weight is 271 g/mol. The molecular weight excluding hydrogens is 261 g/mol. The van der Waals surface area contributed by atoms with Gasteiger partial charge in [0.05, 0.1) is 5.69 Å². The van der Waals surface area contributed by atoms with E-state index in [0.717, 1.165) is 6.07 Å². The lowest BCUT2D eigenvalue weighted by Crippen LogP contribution is -2.13. The molecule has 0 bridgehead atoms. The number of benzene rings is 1. The highest BCUT2D eigenvalue weighted by Crippen LogP contribution is 2.20. The van der Waals surface area contributed by atoms with Gasteiger partial charge in [-0.25, -0.2) is 4.39 Å². The second-order valence-corrected chi connectivity index (χ2v) is 5.08. The Hall–Kier alpha value is -1.86. The third-order valence-electron chi connectivity index (χ3n) is 2.18. The molecule has 0 spiro atoms. The summed E-state index contributed by atoms with van der Waals surface area (Å²) in [5, 5.41) is 8.40. The predicted octanol–water partition coefficient (Wildman–Crippen LogP) is 1.71. The molecule has 1 aromatic heterocycles. The predicted molar refractivity (Wildman–Crippen MR) is 61.8 cm³/mol. The van der Waals surface area contributed by atoms with Crippen molar-refractivity contribution in [2.45, 2.75) is 11.7 Å². The zero-order chi connectivity index (χ0) is 13.2. The fourth-order valence-corrected chi connectivity index (χ4v) is 2.35. The Labute approximate surface area is 103 Å². The second-order valence-electron chi connectivity index (χ2n) is 3.46. The van der Waals surface area contributed by atoms with Gasteiger partial charge in [0.25, 0.3) is 10.0 Å². The second kappa shape index (κ2) is 4.79. The van der Waals surface area contributed by atoms with E-state index < -0.39 is 22.4 Å². The number of anilines is 1. The molecule has 0 aliphatic heterocycles. The molecule has 0 aliphatic rings. The lowest BCUT2D eigenvalue weighted by Gasteiger charge is -2.06. The Balaban J connectivity index is 2.30. The molecule has 0 unspecified atom stereocenters. The first-order chi connectivity index (χ1) is 8.53. The molecule has 0 atom stereocenters. The SMILES string of the molecule is O=S(=O)(Nc1ccccc1F)c1ccc(CO)o1. The minimum absolute atomic E-state index is 0.115. The molecule has 0 saturated carbocycles. The molecule has 0 fully saturated rings. The number of rotatable bonds is 4. The van der Waals surface area contributed by atoms with Crippen molar-refractivity contribution in [2.75, 3.05) is 4.72 Å². The maximum absolute atomic E-state index is 13.3. The largest absolute Gasteiger partial charge is 0.445 e. The smallest absolute Gasteiger partial charge is 0.295 e. The minimum Gasteiger partial charge on any atom is -0.445 e. The molecule has 1 aromatic carbocycles. The normalized spacial score (nSPS) is 11.4. The number of hydrogen-bond donors (Lipinski definition) is 2. The standard InChI is InChI=1S/C11H10FNO4S/c12-9-3-1-2-4-10(9)13-18(15,16)11-6-5-8(7-14)17-11/h1-6,13-14H,7H2. The third kappa shape index (κ3) is 2.52. The van der Waals surface area contributed by atoms with E-state index in [-0.39, 0.29) is 16.5 Å². The Bertz CT molecular complexity index is 651. The van der Waals surface area contributed by atoms with E-state index in [1.165, 1.54) is 30.3 Å². The number of halogens is 1. The van der Waals surface area contributed by atoms with E-state index in [9.17, 15) is 12.8 Å². The van der Waals surface area contributed by atoms with Crippen LogP contribution < -0.4 is 4.72 Å². The molecule has 7 heteroatoms. The first-order valence-corrected chi connectivity index (χ1v) is 6.48. The summed E-state index contributed by atoms with van der Waals surface area (Å²) >= 11 is 0. The van der Waals surface area contributed by atoms with Crippen LogP contribution >= 0.6 is 0 Å². The van der Waals surface area contributed by atoms with Gasteiger partial charge in [-0.2, -0.15) is 8.42 Å². The fraction of sp³-hybridized carbons (Fsp3) is 0.0909. The molecule has 0 amide bonds. The number of nitrogens with one attached hydrogen (secondary N) is 1. The van der Waals surface area contributed by atoms with Gasteiger partial charge >= 0.3 is 0 Å². The van der Waals surface area contributed by atoms with Crippen molar-refractivity contribution in [3.05, 3.63) is 48.0 Å². The summed E-state index contributed by atoms with van der Waals surface area (Å²) < 4.78 is 43.9. The van der Waals surface area contributed by atoms with Crippen LogP contribution in [-0.2, 0) is 16.6 Å². The summed E-state index contributed by atoms with van der Waals surface area (Å²) in [7, 11) is -3.99. The Kier molecular flexibility index (Phi) is 3.35. The average Bonchev–Trinajstić information content (AvgIpc) is 2.81. The molecule has 2 rings (SSSR count). The number of sulfonamides is 1. The lowest BCUT2D eigenvalue weighted by molar-refractivity contribution is 0.236. The summed E-state index contributed by atoms with van der Waals surface area (Å²) in [6.45, 7) is -0.408. The van der Waals surface area contributed by atoms with Gasteiger partial charge in [0, 0.05) is 0 Å². The van der Waals surface area contributed by atoms with E-state index in [1.807, 2.05) is 0 Å². The van der Waals surface area contributed by atoms with E-state index in [0.29, 0.717) is 0 Å². The third-order valence-corrected chi connectivity index (χ3v) is 3.41. The monoisotopic (exact) mass is 271 g/mol. The van der Waals surface area contributed by atoms with Crippen molar-refractivity contribution in [1.82, 2.24) is 0 Å². The molecule has 0 saturated heterocycles. The fourth-order valence-electron chi connectivity index (χ4n) is 1.33.